The van der Waals surface area contributed by atoms with Gasteiger partial charge in [-0.05, 0) is 18.4 Å². The van der Waals surface area contributed by atoms with Crippen molar-refractivity contribution < 1.29 is 4.79 Å². The van der Waals surface area contributed by atoms with Crippen LogP contribution < -0.4 is 11.2 Å². The van der Waals surface area contributed by atoms with E-state index in [2.05, 4.69) is 9.97 Å². The predicted octanol–water partition coefficient (Wildman–Crippen LogP) is 2.00. The van der Waals surface area contributed by atoms with Crippen molar-refractivity contribution in [3.05, 3.63) is 50.7 Å². The summed E-state index contributed by atoms with van der Waals surface area (Å²) >= 11 is 0. The normalized spacial score (nSPS) is 11.2. The van der Waals surface area contributed by atoms with Crippen molar-refractivity contribution in [1.29, 1.82) is 0 Å². The SMILES string of the molecule is CCCn1c(=O)c2[nH]c(-c3ccc(CC(=O)N(C)C)cc3)nc2n(CCC)c1=O. The maximum Gasteiger partial charge on any atom is 0.332 e. The number of benzene rings is 1. The molecule has 0 spiro atoms. The molecule has 0 bridgehead atoms. The molecule has 0 aliphatic carbocycles. The van der Waals surface area contributed by atoms with Crippen LogP contribution in [0.4, 0.5) is 0 Å². The first-order chi connectivity index (χ1) is 13.9. The number of imidazole rings is 1. The zero-order valence-electron chi connectivity index (χ0n) is 17.4. The van der Waals surface area contributed by atoms with Crippen LogP contribution in [0, 0.1) is 0 Å². The molecule has 0 fully saturated rings. The molecule has 3 aromatic rings. The summed E-state index contributed by atoms with van der Waals surface area (Å²) in [7, 11) is 3.46. The van der Waals surface area contributed by atoms with Gasteiger partial charge in [0.05, 0.1) is 6.42 Å². The minimum Gasteiger partial charge on any atom is -0.349 e. The number of hydrogen-bond donors (Lipinski definition) is 1. The van der Waals surface area contributed by atoms with Crippen molar-refractivity contribution in [2.75, 3.05) is 14.1 Å². The number of H-pyrrole nitrogens is 1. The van der Waals surface area contributed by atoms with E-state index in [1.165, 1.54) is 4.57 Å². The van der Waals surface area contributed by atoms with E-state index in [0.717, 1.165) is 17.5 Å². The third kappa shape index (κ3) is 4.01. The molecule has 0 saturated carbocycles. The van der Waals surface area contributed by atoms with Crippen LogP contribution in [0.1, 0.15) is 32.3 Å². The van der Waals surface area contributed by atoms with Crippen molar-refractivity contribution in [2.24, 2.45) is 0 Å². The molecule has 3 rings (SSSR count). The largest absolute Gasteiger partial charge is 0.349 e. The van der Waals surface area contributed by atoms with Crippen LogP contribution in [0.25, 0.3) is 22.6 Å². The summed E-state index contributed by atoms with van der Waals surface area (Å²) in [5.41, 5.74) is 1.76. The van der Waals surface area contributed by atoms with Gasteiger partial charge in [-0.25, -0.2) is 9.78 Å². The number of carbonyl (C=O) groups is 1. The molecule has 154 valence electrons. The zero-order valence-corrected chi connectivity index (χ0v) is 17.4. The average molecular weight is 397 g/mol. The van der Waals surface area contributed by atoms with Crippen molar-refractivity contribution in [3.8, 4) is 11.4 Å². The van der Waals surface area contributed by atoms with Crippen LogP contribution in [-0.4, -0.2) is 44.0 Å². The highest BCUT2D eigenvalue weighted by Crippen LogP contribution is 2.19. The van der Waals surface area contributed by atoms with Gasteiger partial charge in [0, 0.05) is 32.7 Å². The van der Waals surface area contributed by atoms with Gasteiger partial charge >= 0.3 is 5.69 Å². The highest BCUT2D eigenvalue weighted by atomic mass is 16.2. The highest BCUT2D eigenvalue weighted by molar-refractivity contribution is 5.79. The lowest BCUT2D eigenvalue weighted by molar-refractivity contribution is -0.127. The van der Waals surface area contributed by atoms with Crippen LogP contribution in [0.3, 0.4) is 0 Å². The maximum atomic E-state index is 12.8. The highest BCUT2D eigenvalue weighted by Gasteiger charge is 2.17. The van der Waals surface area contributed by atoms with E-state index in [1.807, 2.05) is 38.1 Å². The van der Waals surface area contributed by atoms with Gasteiger partial charge in [0.15, 0.2) is 5.65 Å². The summed E-state index contributed by atoms with van der Waals surface area (Å²) in [5, 5.41) is 0. The number of aromatic nitrogens is 4. The van der Waals surface area contributed by atoms with Gasteiger partial charge in [-0.1, -0.05) is 38.1 Å². The predicted molar refractivity (Wildman–Crippen MR) is 113 cm³/mol. The van der Waals surface area contributed by atoms with Crippen molar-refractivity contribution >= 4 is 17.1 Å². The first-order valence-electron chi connectivity index (χ1n) is 9.90. The molecule has 8 heteroatoms. The Labute approximate surface area is 168 Å². The third-order valence-electron chi connectivity index (χ3n) is 4.84. The molecule has 2 aromatic heterocycles. The van der Waals surface area contributed by atoms with Gasteiger partial charge in [0.2, 0.25) is 5.91 Å². The second-order valence-electron chi connectivity index (χ2n) is 7.34. The number of fused-ring (bicyclic) bond motifs is 1. The molecular formula is C21H27N5O3. The van der Waals surface area contributed by atoms with Crippen LogP contribution >= 0.6 is 0 Å². The summed E-state index contributed by atoms with van der Waals surface area (Å²) in [4.78, 5) is 46.7. The van der Waals surface area contributed by atoms with Crippen LogP contribution in [0.5, 0.6) is 0 Å². The molecule has 1 N–H and O–H groups in total. The van der Waals surface area contributed by atoms with E-state index in [-0.39, 0.29) is 17.2 Å². The van der Waals surface area contributed by atoms with Crippen LogP contribution in [0.2, 0.25) is 0 Å². The molecule has 0 radical (unpaired) electrons. The van der Waals surface area contributed by atoms with Crippen LogP contribution in [0.15, 0.2) is 33.9 Å². The van der Waals surface area contributed by atoms with Crippen molar-refractivity contribution in [1.82, 2.24) is 24.0 Å². The Hall–Kier alpha value is -3.16. The smallest absolute Gasteiger partial charge is 0.332 e. The summed E-state index contributed by atoms with van der Waals surface area (Å²) in [6.45, 7) is 4.78. The molecular weight excluding hydrogens is 370 g/mol. The lowest BCUT2D eigenvalue weighted by Crippen LogP contribution is -2.40. The molecule has 0 atom stereocenters. The fourth-order valence-electron chi connectivity index (χ4n) is 3.26. The topological polar surface area (TPSA) is 93.0 Å². The summed E-state index contributed by atoms with van der Waals surface area (Å²) < 4.78 is 2.84. The minimum atomic E-state index is -0.342. The van der Waals surface area contributed by atoms with Gasteiger partial charge in [-0.15, -0.1) is 0 Å². The quantitative estimate of drug-likeness (QED) is 0.660. The van der Waals surface area contributed by atoms with E-state index >= 15 is 0 Å². The van der Waals surface area contributed by atoms with Gasteiger partial charge in [0.1, 0.15) is 11.3 Å². The first-order valence-corrected chi connectivity index (χ1v) is 9.90. The number of amides is 1. The van der Waals surface area contributed by atoms with E-state index in [4.69, 9.17) is 0 Å². The molecule has 8 nitrogen and oxygen atoms in total. The minimum absolute atomic E-state index is 0.0292. The fraction of sp³-hybridized carbons (Fsp3) is 0.429. The molecule has 0 saturated heterocycles. The van der Waals surface area contributed by atoms with Gasteiger partial charge in [-0.2, -0.15) is 0 Å². The van der Waals surface area contributed by atoms with E-state index in [1.54, 1.807) is 23.6 Å². The van der Waals surface area contributed by atoms with Gasteiger partial charge in [0.25, 0.3) is 5.56 Å². The van der Waals surface area contributed by atoms with Gasteiger partial charge < -0.3 is 9.88 Å². The molecule has 1 aromatic carbocycles. The Morgan fingerprint density at radius 1 is 1.03 bits per heavy atom. The number of rotatable bonds is 7. The number of aromatic amines is 1. The lowest BCUT2D eigenvalue weighted by Gasteiger charge is -2.10. The monoisotopic (exact) mass is 397 g/mol. The first kappa shape index (κ1) is 20.6. The molecule has 0 aliphatic heterocycles. The second kappa shape index (κ2) is 8.46. The molecule has 1 amide bonds. The van der Waals surface area contributed by atoms with Crippen LogP contribution in [-0.2, 0) is 24.3 Å². The number of nitrogens with zero attached hydrogens (tertiary/aromatic N) is 4. The summed E-state index contributed by atoms with van der Waals surface area (Å²) in [6, 6.07) is 7.47. The third-order valence-corrected chi connectivity index (χ3v) is 4.84. The van der Waals surface area contributed by atoms with E-state index in [0.29, 0.717) is 42.9 Å². The van der Waals surface area contributed by atoms with Crippen molar-refractivity contribution in [2.45, 2.75) is 46.2 Å². The molecule has 2 heterocycles. The molecule has 0 aliphatic rings. The standard InChI is InChI=1S/C21H27N5O3/c1-5-11-25-19-17(20(28)26(12-6-2)21(25)29)22-18(23-19)15-9-7-14(8-10-15)13-16(27)24(3)4/h7-10H,5-6,11-13H2,1-4H3,(H,22,23). The number of nitrogens with one attached hydrogen (secondary N) is 1. The average Bonchev–Trinajstić information content (AvgIpc) is 3.14. The number of hydrogen-bond acceptors (Lipinski definition) is 4. The molecule has 0 unspecified atom stereocenters. The molecule has 29 heavy (non-hydrogen) atoms. The Bertz CT molecular complexity index is 1140. The zero-order chi connectivity index (χ0) is 21.1. The number of carbonyl (C=O) groups excluding carboxylic acids is 1. The number of aryl methyl sites for hydroxylation is 1. The Morgan fingerprint density at radius 2 is 1.66 bits per heavy atom. The second-order valence-corrected chi connectivity index (χ2v) is 7.34. The fourth-order valence-corrected chi connectivity index (χ4v) is 3.26. The summed E-state index contributed by atoms with van der Waals surface area (Å²) in [5.74, 6) is 0.558. The van der Waals surface area contributed by atoms with Crippen molar-refractivity contribution in [3.63, 3.8) is 0 Å². The maximum absolute atomic E-state index is 12.8. The summed E-state index contributed by atoms with van der Waals surface area (Å²) in [6.07, 6.45) is 1.78. The lowest BCUT2D eigenvalue weighted by atomic mass is 10.1. The Morgan fingerprint density at radius 3 is 2.24 bits per heavy atom. The Kier molecular flexibility index (Phi) is 6.00. The van der Waals surface area contributed by atoms with E-state index < -0.39 is 0 Å². The van der Waals surface area contributed by atoms with Gasteiger partial charge in [-0.3, -0.25) is 18.7 Å². The number of likely N-dealkylation sites (N-methyl/N-ethyl adjacent to an activating group) is 1. The van der Waals surface area contributed by atoms with E-state index in [9.17, 15) is 14.4 Å². The Balaban J connectivity index is 2.06.